The zero-order valence-corrected chi connectivity index (χ0v) is 11.9. The molecule has 1 heterocycles. The number of hydrogen-bond acceptors (Lipinski definition) is 5. The van der Waals surface area contributed by atoms with E-state index in [2.05, 4.69) is 23.1 Å². The molecule has 114 valence electrons. The Bertz CT molecular complexity index is 503. The van der Waals surface area contributed by atoms with Gasteiger partial charge in [0.15, 0.2) is 6.61 Å². The largest absolute Gasteiger partial charge is 0.484 e. The number of ether oxygens (including phenoxy) is 1. The molecular formula is C14H20N4O3. The molecule has 0 bridgehead atoms. The molecule has 0 aliphatic carbocycles. The number of nitrogens with two attached hydrogens (primary N) is 1. The first-order valence-electron chi connectivity index (χ1n) is 6.91. The Kier molecular flexibility index (Phi) is 5.13. The molecule has 1 saturated heterocycles. The lowest BCUT2D eigenvalue weighted by Crippen LogP contribution is -2.45. The summed E-state index contributed by atoms with van der Waals surface area (Å²) in [7, 11) is 0. The van der Waals surface area contributed by atoms with E-state index in [0.29, 0.717) is 17.4 Å². The molecule has 2 atom stereocenters. The molecule has 7 heteroatoms. The second-order valence-electron chi connectivity index (χ2n) is 4.93. The molecule has 0 radical (unpaired) electrons. The fourth-order valence-corrected chi connectivity index (χ4v) is 2.08. The SMILES string of the molecule is CCC1CC(NC(=O)COc2ccc(C(N)=O)cc2)NN1. The van der Waals surface area contributed by atoms with Crippen molar-refractivity contribution >= 4 is 11.8 Å². The molecule has 1 aromatic rings. The lowest BCUT2D eigenvalue weighted by molar-refractivity contribution is -0.123. The van der Waals surface area contributed by atoms with Crippen LogP contribution in [0.1, 0.15) is 30.1 Å². The summed E-state index contributed by atoms with van der Waals surface area (Å²) in [5.74, 6) is -0.186. The first-order chi connectivity index (χ1) is 10.1. The second-order valence-corrected chi connectivity index (χ2v) is 4.93. The van der Waals surface area contributed by atoms with Gasteiger partial charge in [-0.15, -0.1) is 0 Å². The van der Waals surface area contributed by atoms with Gasteiger partial charge in [-0.05, 0) is 37.1 Å². The van der Waals surface area contributed by atoms with Crippen LogP contribution in [-0.2, 0) is 4.79 Å². The predicted octanol–water partition coefficient (Wildman–Crippen LogP) is -0.117. The Hall–Kier alpha value is -2.12. The third-order valence-electron chi connectivity index (χ3n) is 3.32. The van der Waals surface area contributed by atoms with Crippen molar-refractivity contribution < 1.29 is 14.3 Å². The van der Waals surface area contributed by atoms with Crippen molar-refractivity contribution in [2.45, 2.75) is 32.0 Å². The molecule has 2 rings (SSSR count). The molecule has 7 nitrogen and oxygen atoms in total. The molecule has 2 amide bonds. The maximum atomic E-state index is 11.8. The van der Waals surface area contributed by atoms with Gasteiger partial charge in [0.25, 0.3) is 5.91 Å². The molecule has 1 aliphatic heterocycles. The number of carbonyl (C=O) groups is 2. The quantitative estimate of drug-likeness (QED) is 0.585. The first kappa shape index (κ1) is 15.3. The summed E-state index contributed by atoms with van der Waals surface area (Å²) in [5, 5.41) is 2.83. The highest BCUT2D eigenvalue weighted by Gasteiger charge is 2.23. The van der Waals surface area contributed by atoms with Crippen molar-refractivity contribution in [2.24, 2.45) is 5.73 Å². The zero-order valence-electron chi connectivity index (χ0n) is 11.9. The van der Waals surface area contributed by atoms with Gasteiger partial charge in [0, 0.05) is 11.6 Å². The summed E-state index contributed by atoms with van der Waals surface area (Å²) >= 11 is 0. The van der Waals surface area contributed by atoms with Crippen LogP contribution < -0.4 is 26.6 Å². The minimum absolute atomic E-state index is 0.0785. The third kappa shape index (κ3) is 4.44. The Labute approximate surface area is 123 Å². The third-order valence-corrected chi connectivity index (χ3v) is 3.32. The Morgan fingerprint density at radius 3 is 2.62 bits per heavy atom. The van der Waals surface area contributed by atoms with Gasteiger partial charge in [-0.2, -0.15) is 0 Å². The lowest BCUT2D eigenvalue weighted by atomic mass is 10.1. The van der Waals surface area contributed by atoms with E-state index in [1.165, 1.54) is 0 Å². The Morgan fingerprint density at radius 2 is 2.05 bits per heavy atom. The van der Waals surface area contributed by atoms with Gasteiger partial charge in [0.05, 0.1) is 6.17 Å². The highest BCUT2D eigenvalue weighted by molar-refractivity contribution is 5.92. The number of amides is 2. The molecule has 1 aliphatic rings. The summed E-state index contributed by atoms with van der Waals surface area (Å²) in [6.07, 6.45) is 1.76. The summed E-state index contributed by atoms with van der Waals surface area (Å²) in [6.45, 7) is 2.01. The van der Waals surface area contributed by atoms with Crippen LogP contribution in [0.2, 0.25) is 0 Å². The molecule has 0 saturated carbocycles. The van der Waals surface area contributed by atoms with Crippen LogP contribution in [0.4, 0.5) is 0 Å². The lowest BCUT2D eigenvalue weighted by Gasteiger charge is -2.12. The summed E-state index contributed by atoms with van der Waals surface area (Å²) < 4.78 is 5.35. The topological polar surface area (TPSA) is 105 Å². The minimum Gasteiger partial charge on any atom is -0.484 e. The van der Waals surface area contributed by atoms with Gasteiger partial charge in [0.2, 0.25) is 5.91 Å². The van der Waals surface area contributed by atoms with Crippen molar-refractivity contribution in [1.29, 1.82) is 0 Å². The van der Waals surface area contributed by atoms with E-state index >= 15 is 0 Å². The van der Waals surface area contributed by atoms with Crippen molar-refractivity contribution in [3.63, 3.8) is 0 Å². The summed E-state index contributed by atoms with van der Waals surface area (Å²) in [4.78, 5) is 22.7. The number of primary amides is 1. The molecule has 21 heavy (non-hydrogen) atoms. The number of rotatable bonds is 6. The van der Waals surface area contributed by atoms with Crippen LogP contribution in [0.25, 0.3) is 0 Å². The number of nitrogens with one attached hydrogen (secondary N) is 3. The average molecular weight is 292 g/mol. The van der Waals surface area contributed by atoms with E-state index in [9.17, 15) is 9.59 Å². The van der Waals surface area contributed by atoms with Gasteiger partial charge in [-0.1, -0.05) is 6.92 Å². The van der Waals surface area contributed by atoms with E-state index in [1.807, 2.05) is 0 Å². The number of hydrazine groups is 1. The van der Waals surface area contributed by atoms with E-state index in [0.717, 1.165) is 12.8 Å². The van der Waals surface area contributed by atoms with Gasteiger partial charge < -0.3 is 15.8 Å². The van der Waals surface area contributed by atoms with Crippen LogP contribution in [0, 0.1) is 0 Å². The van der Waals surface area contributed by atoms with Crippen LogP contribution in [0.5, 0.6) is 5.75 Å². The van der Waals surface area contributed by atoms with E-state index < -0.39 is 5.91 Å². The van der Waals surface area contributed by atoms with Gasteiger partial charge >= 0.3 is 0 Å². The van der Waals surface area contributed by atoms with Gasteiger partial charge in [-0.25, -0.2) is 5.43 Å². The van der Waals surface area contributed by atoms with Crippen molar-refractivity contribution in [2.75, 3.05) is 6.61 Å². The minimum atomic E-state index is -0.496. The number of carbonyl (C=O) groups excluding carboxylic acids is 2. The molecule has 0 aromatic heterocycles. The maximum absolute atomic E-state index is 11.8. The normalized spacial score (nSPS) is 21.0. The second kappa shape index (κ2) is 7.05. The molecule has 0 spiro atoms. The fraction of sp³-hybridized carbons (Fsp3) is 0.429. The maximum Gasteiger partial charge on any atom is 0.259 e. The van der Waals surface area contributed by atoms with Crippen LogP contribution in [0.15, 0.2) is 24.3 Å². The van der Waals surface area contributed by atoms with Crippen LogP contribution in [-0.4, -0.2) is 30.6 Å². The summed E-state index contributed by atoms with van der Waals surface area (Å²) in [5.41, 5.74) is 11.7. The summed E-state index contributed by atoms with van der Waals surface area (Å²) in [6, 6.07) is 6.71. The van der Waals surface area contributed by atoms with Gasteiger partial charge in [-0.3, -0.25) is 15.0 Å². The van der Waals surface area contributed by atoms with Crippen LogP contribution in [0.3, 0.4) is 0 Å². The molecule has 1 aromatic carbocycles. The van der Waals surface area contributed by atoms with E-state index in [4.69, 9.17) is 10.5 Å². The van der Waals surface area contributed by atoms with Crippen molar-refractivity contribution in [1.82, 2.24) is 16.2 Å². The highest BCUT2D eigenvalue weighted by atomic mass is 16.5. The Morgan fingerprint density at radius 1 is 1.33 bits per heavy atom. The zero-order chi connectivity index (χ0) is 15.2. The van der Waals surface area contributed by atoms with E-state index in [-0.39, 0.29) is 18.7 Å². The number of hydrogen-bond donors (Lipinski definition) is 4. The first-order valence-corrected chi connectivity index (χ1v) is 6.91. The van der Waals surface area contributed by atoms with Gasteiger partial charge in [0.1, 0.15) is 5.75 Å². The standard InChI is InChI=1S/C14H20N4O3/c1-2-10-7-12(18-17-10)16-13(19)8-21-11-5-3-9(4-6-11)14(15)20/h3-6,10,12,17-18H,2,7-8H2,1H3,(H2,15,20)(H,16,19). The van der Waals surface area contributed by atoms with Crippen LogP contribution >= 0.6 is 0 Å². The molecular weight excluding hydrogens is 272 g/mol. The Balaban J connectivity index is 1.75. The predicted molar refractivity (Wildman–Crippen MR) is 77.4 cm³/mol. The number of benzene rings is 1. The molecule has 2 unspecified atom stereocenters. The fourth-order valence-electron chi connectivity index (χ4n) is 2.08. The highest BCUT2D eigenvalue weighted by Crippen LogP contribution is 2.11. The monoisotopic (exact) mass is 292 g/mol. The van der Waals surface area contributed by atoms with E-state index in [1.54, 1.807) is 24.3 Å². The molecule has 5 N–H and O–H groups in total. The van der Waals surface area contributed by atoms with Crippen molar-refractivity contribution in [3.05, 3.63) is 29.8 Å². The smallest absolute Gasteiger partial charge is 0.259 e. The van der Waals surface area contributed by atoms with Crippen molar-refractivity contribution in [3.8, 4) is 5.75 Å². The average Bonchev–Trinajstić information content (AvgIpc) is 2.93. The molecule has 1 fully saturated rings.